The zero-order valence-corrected chi connectivity index (χ0v) is 8.31. The molecule has 5 heteroatoms. The summed E-state index contributed by atoms with van der Waals surface area (Å²) in [5, 5.41) is 7.56. The fraction of sp³-hybridized carbons (Fsp3) is 0.111. The molecule has 4 nitrogen and oxygen atoms in total. The van der Waals surface area contributed by atoms with E-state index in [-0.39, 0.29) is 12.4 Å². The summed E-state index contributed by atoms with van der Waals surface area (Å²) in [6.45, 7) is 0.713. The van der Waals surface area contributed by atoms with Crippen LogP contribution < -0.4 is 5.73 Å². The predicted molar refractivity (Wildman–Crippen MR) is 57.2 cm³/mol. The third-order valence-electron chi connectivity index (χ3n) is 1.74. The van der Waals surface area contributed by atoms with Crippen molar-refractivity contribution in [1.82, 2.24) is 15.0 Å². The molecule has 0 bridgehead atoms. The Balaban J connectivity index is 0.000000980. The fourth-order valence-electron chi connectivity index (χ4n) is 1.16. The standard InChI is InChI=1S/C9H10N4.ClH/c10-9-7-13(12-11-9)6-8-4-2-1-3-5-8;/h1-5,7H,6,10H2;1H. The summed E-state index contributed by atoms with van der Waals surface area (Å²) in [7, 11) is 0. The SMILES string of the molecule is Cl.Nc1cn(Cc2ccccc2)nn1. The van der Waals surface area contributed by atoms with Gasteiger partial charge in [0, 0.05) is 0 Å². The molecule has 0 aliphatic rings. The van der Waals surface area contributed by atoms with Crippen LogP contribution in [0.4, 0.5) is 5.82 Å². The van der Waals surface area contributed by atoms with Crippen LogP contribution in [0, 0.1) is 0 Å². The molecule has 0 spiro atoms. The Morgan fingerprint density at radius 3 is 2.50 bits per heavy atom. The molecular formula is C9H11ClN4. The van der Waals surface area contributed by atoms with E-state index < -0.39 is 0 Å². The molecule has 0 atom stereocenters. The second-order valence-electron chi connectivity index (χ2n) is 2.83. The molecule has 0 amide bonds. The van der Waals surface area contributed by atoms with Crippen LogP contribution in [-0.2, 0) is 6.54 Å². The molecule has 0 aliphatic carbocycles. The smallest absolute Gasteiger partial charge is 0.165 e. The van der Waals surface area contributed by atoms with Gasteiger partial charge in [0.2, 0.25) is 0 Å². The van der Waals surface area contributed by atoms with Gasteiger partial charge in [-0.1, -0.05) is 35.5 Å². The van der Waals surface area contributed by atoms with Gasteiger partial charge in [0.05, 0.1) is 12.7 Å². The molecule has 2 aromatic rings. The van der Waals surface area contributed by atoms with Crippen LogP contribution in [0.5, 0.6) is 0 Å². The van der Waals surface area contributed by atoms with E-state index in [1.165, 1.54) is 5.56 Å². The van der Waals surface area contributed by atoms with Crippen molar-refractivity contribution >= 4 is 18.2 Å². The van der Waals surface area contributed by atoms with Crippen molar-refractivity contribution in [3.8, 4) is 0 Å². The molecule has 0 fully saturated rings. The third kappa shape index (κ3) is 2.47. The maximum atomic E-state index is 5.44. The third-order valence-corrected chi connectivity index (χ3v) is 1.74. The van der Waals surface area contributed by atoms with Crippen molar-refractivity contribution in [2.75, 3.05) is 5.73 Å². The maximum Gasteiger partial charge on any atom is 0.165 e. The number of halogens is 1. The van der Waals surface area contributed by atoms with Gasteiger partial charge in [-0.2, -0.15) is 0 Å². The summed E-state index contributed by atoms with van der Waals surface area (Å²) in [5.41, 5.74) is 6.63. The Morgan fingerprint density at radius 1 is 1.21 bits per heavy atom. The highest BCUT2D eigenvalue weighted by Crippen LogP contribution is 2.01. The van der Waals surface area contributed by atoms with Crippen LogP contribution in [0.15, 0.2) is 36.5 Å². The number of anilines is 1. The first-order chi connectivity index (χ1) is 6.34. The Morgan fingerprint density at radius 2 is 1.93 bits per heavy atom. The summed E-state index contributed by atoms with van der Waals surface area (Å²) in [6.07, 6.45) is 1.72. The second kappa shape index (κ2) is 4.62. The van der Waals surface area contributed by atoms with Gasteiger partial charge in [-0.3, -0.25) is 0 Å². The van der Waals surface area contributed by atoms with Crippen molar-refractivity contribution < 1.29 is 0 Å². The Bertz CT molecular complexity index is 385. The summed E-state index contributed by atoms with van der Waals surface area (Å²) < 4.78 is 1.71. The molecule has 2 N–H and O–H groups in total. The highest BCUT2D eigenvalue weighted by Gasteiger charge is 1.96. The maximum absolute atomic E-state index is 5.44. The number of hydrogen-bond acceptors (Lipinski definition) is 3. The second-order valence-corrected chi connectivity index (χ2v) is 2.83. The predicted octanol–water partition coefficient (Wildman–Crippen LogP) is 1.33. The van der Waals surface area contributed by atoms with Crippen molar-refractivity contribution in [2.24, 2.45) is 0 Å². The minimum atomic E-state index is 0. The van der Waals surface area contributed by atoms with E-state index in [0.717, 1.165) is 0 Å². The van der Waals surface area contributed by atoms with Crippen molar-refractivity contribution in [3.05, 3.63) is 42.1 Å². The first-order valence-corrected chi connectivity index (χ1v) is 4.04. The first-order valence-electron chi connectivity index (χ1n) is 4.04. The lowest BCUT2D eigenvalue weighted by molar-refractivity contribution is 0.650. The molecule has 0 radical (unpaired) electrons. The fourth-order valence-corrected chi connectivity index (χ4v) is 1.16. The minimum absolute atomic E-state index is 0. The van der Waals surface area contributed by atoms with Crippen LogP contribution >= 0.6 is 12.4 Å². The average molecular weight is 211 g/mol. The van der Waals surface area contributed by atoms with Crippen molar-refractivity contribution in [1.29, 1.82) is 0 Å². The largest absolute Gasteiger partial charge is 0.381 e. The number of rotatable bonds is 2. The number of aromatic nitrogens is 3. The van der Waals surface area contributed by atoms with Crippen molar-refractivity contribution in [3.63, 3.8) is 0 Å². The summed E-state index contributed by atoms with van der Waals surface area (Å²) in [4.78, 5) is 0. The van der Waals surface area contributed by atoms with Gasteiger partial charge in [0.15, 0.2) is 5.82 Å². The van der Waals surface area contributed by atoms with Gasteiger partial charge in [0.1, 0.15) is 0 Å². The van der Waals surface area contributed by atoms with E-state index >= 15 is 0 Å². The quantitative estimate of drug-likeness (QED) is 0.814. The summed E-state index contributed by atoms with van der Waals surface area (Å²) in [5.74, 6) is 0.455. The van der Waals surface area contributed by atoms with Crippen LogP contribution in [0.3, 0.4) is 0 Å². The molecule has 0 saturated carbocycles. The minimum Gasteiger partial charge on any atom is -0.381 e. The zero-order valence-electron chi connectivity index (χ0n) is 7.50. The number of nitrogens with two attached hydrogens (primary N) is 1. The van der Waals surface area contributed by atoms with Crippen molar-refractivity contribution in [2.45, 2.75) is 6.54 Å². The molecular weight excluding hydrogens is 200 g/mol. The van der Waals surface area contributed by atoms with Gasteiger partial charge >= 0.3 is 0 Å². The Labute approximate surface area is 88.1 Å². The van der Waals surface area contributed by atoms with Gasteiger partial charge in [-0.05, 0) is 5.56 Å². The van der Waals surface area contributed by atoms with E-state index in [1.807, 2.05) is 30.3 Å². The number of nitrogen functional groups attached to an aromatic ring is 1. The number of nitrogens with zero attached hydrogens (tertiary/aromatic N) is 3. The lowest BCUT2D eigenvalue weighted by atomic mass is 10.2. The van der Waals surface area contributed by atoms with Crippen LogP contribution in [0.25, 0.3) is 0 Å². The van der Waals surface area contributed by atoms with Gasteiger partial charge in [-0.15, -0.1) is 17.5 Å². The summed E-state index contributed by atoms with van der Waals surface area (Å²) >= 11 is 0. The zero-order chi connectivity index (χ0) is 9.10. The number of benzene rings is 1. The molecule has 1 aromatic carbocycles. The molecule has 0 saturated heterocycles. The van der Waals surface area contributed by atoms with Gasteiger partial charge in [0.25, 0.3) is 0 Å². The van der Waals surface area contributed by atoms with E-state index in [4.69, 9.17) is 5.73 Å². The Kier molecular flexibility index (Phi) is 3.48. The molecule has 1 heterocycles. The van der Waals surface area contributed by atoms with Gasteiger partial charge in [-0.25, -0.2) is 4.68 Å². The van der Waals surface area contributed by atoms with E-state index in [2.05, 4.69) is 10.3 Å². The van der Waals surface area contributed by atoms with E-state index in [0.29, 0.717) is 12.4 Å². The molecule has 14 heavy (non-hydrogen) atoms. The topological polar surface area (TPSA) is 56.7 Å². The van der Waals surface area contributed by atoms with Crippen LogP contribution in [0.2, 0.25) is 0 Å². The lowest BCUT2D eigenvalue weighted by Gasteiger charge is -1.98. The van der Waals surface area contributed by atoms with Gasteiger partial charge < -0.3 is 5.73 Å². The molecule has 0 aliphatic heterocycles. The van der Waals surface area contributed by atoms with Crippen LogP contribution in [-0.4, -0.2) is 15.0 Å². The van der Waals surface area contributed by atoms with E-state index in [9.17, 15) is 0 Å². The highest BCUT2D eigenvalue weighted by atomic mass is 35.5. The Hall–Kier alpha value is -1.55. The highest BCUT2D eigenvalue weighted by molar-refractivity contribution is 5.85. The molecule has 1 aromatic heterocycles. The molecule has 2 rings (SSSR count). The average Bonchev–Trinajstić information content (AvgIpc) is 2.53. The summed E-state index contributed by atoms with van der Waals surface area (Å²) in [6, 6.07) is 10.1. The molecule has 0 unspecified atom stereocenters. The monoisotopic (exact) mass is 210 g/mol. The lowest BCUT2D eigenvalue weighted by Crippen LogP contribution is -1.99. The molecule has 74 valence electrons. The van der Waals surface area contributed by atoms with Crippen LogP contribution in [0.1, 0.15) is 5.56 Å². The first kappa shape index (κ1) is 10.5. The van der Waals surface area contributed by atoms with E-state index in [1.54, 1.807) is 10.9 Å². The number of hydrogen-bond donors (Lipinski definition) is 1. The normalized spacial score (nSPS) is 9.43.